The predicted octanol–water partition coefficient (Wildman–Crippen LogP) is 4.29. The molecule has 1 atom stereocenters. The lowest BCUT2D eigenvalue weighted by atomic mass is 9.98. The number of carbonyl (C=O) groups is 1. The third-order valence-corrected chi connectivity index (χ3v) is 7.10. The molecule has 0 radical (unpaired) electrons. The monoisotopic (exact) mass is 473 g/mol. The Labute approximate surface area is 202 Å². The van der Waals surface area contributed by atoms with E-state index in [0.29, 0.717) is 21.9 Å². The van der Waals surface area contributed by atoms with Crippen LogP contribution in [-0.2, 0) is 10.3 Å². The molecule has 1 unspecified atom stereocenters. The Morgan fingerprint density at radius 2 is 1.71 bits per heavy atom. The lowest BCUT2D eigenvalue weighted by molar-refractivity contribution is -0.122. The number of carbonyl (C=O) groups excluding carboxylic acids is 1. The van der Waals surface area contributed by atoms with E-state index in [2.05, 4.69) is 10.4 Å². The van der Waals surface area contributed by atoms with Crippen molar-refractivity contribution in [1.82, 2.24) is 24.6 Å². The van der Waals surface area contributed by atoms with Gasteiger partial charge < -0.3 is 5.32 Å². The van der Waals surface area contributed by atoms with Crippen molar-refractivity contribution in [3.05, 3.63) is 88.3 Å². The van der Waals surface area contributed by atoms with Gasteiger partial charge in [-0.25, -0.2) is 9.67 Å². The van der Waals surface area contributed by atoms with E-state index in [1.807, 2.05) is 81.4 Å². The van der Waals surface area contributed by atoms with Crippen LogP contribution in [0.2, 0.25) is 0 Å². The predicted molar refractivity (Wildman–Crippen MR) is 134 cm³/mol. The SMILES string of the molecule is CC(C)(C)n1ncc2c(=O)n3c(nc21)SCC3CC(=O)NC(c1ccccc1)c1ccccc1. The van der Waals surface area contributed by atoms with Gasteiger partial charge in [-0.3, -0.25) is 14.2 Å². The molecule has 4 aromatic rings. The summed E-state index contributed by atoms with van der Waals surface area (Å²) in [5.74, 6) is 0.528. The number of amides is 1. The summed E-state index contributed by atoms with van der Waals surface area (Å²) in [6, 6.07) is 19.3. The average Bonchev–Trinajstić information content (AvgIpc) is 3.44. The van der Waals surface area contributed by atoms with Crippen LogP contribution < -0.4 is 10.9 Å². The molecule has 1 N–H and O–H groups in total. The largest absolute Gasteiger partial charge is 0.345 e. The zero-order valence-electron chi connectivity index (χ0n) is 19.4. The van der Waals surface area contributed by atoms with Crippen LogP contribution in [0.5, 0.6) is 0 Å². The summed E-state index contributed by atoms with van der Waals surface area (Å²) >= 11 is 1.51. The van der Waals surface area contributed by atoms with Gasteiger partial charge >= 0.3 is 0 Å². The van der Waals surface area contributed by atoms with Crippen molar-refractivity contribution in [1.29, 1.82) is 0 Å². The van der Waals surface area contributed by atoms with E-state index >= 15 is 0 Å². The van der Waals surface area contributed by atoms with Gasteiger partial charge in [-0.2, -0.15) is 5.10 Å². The standard InChI is InChI=1S/C26H27N5O2S/c1-26(2,3)31-23-20(15-27-31)24(33)30-19(16-34-25(30)29-23)14-21(32)28-22(17-10-6-4-7-11-17)18-12-8-5-9-13-18/h4-13,15,19,22H,14,16H2,1-3H3,(H,28,32). The van der Waals surface area contributed by atoms with Gasteiger partial charge in [0.15, 0.2) is 10.8 Å². The Hall–Kier alpha value is -3.39. The first kappa shape index (κ1) is 22.4. The number of nitrogens with zero attached hydrogens (tertiary/aromatic N) is 4. The highest BCUT2D eigenvalue weighted by atomic mass is 32.2. The first-order valence-corrected chi connectivity index (χ1v) is 12.3. The number of benzene rings is 2. The molecule has 5 rings (SSSR count). The summed E-state index contributed by atoms with van der Waals surface area (Å²) < 4.78 is 3.46. The van der Waals surface area contributed by atoms with Crippen LogP contribution >= 0.6 is 11.8 Å². The highest BCUT2D eigenvalue weighted by Gasteiger charge is 2.31. The van der Waals surface area contributed by atoms with Gasteiger partial charge in [-0.15, -0.1) is 0 Å². The second-order valence-electron chi connectivity index (χ2n) is 9.52. The minimum atomic E-state index is -0.285. The molecular weight excluding hydrogens is 446 g/mol. The van der Waals surface area contributed by atoms with E-state index in [9.17, 15) is 9.59 Å². The zero-order chi connectivity index (χ0) is 23.9. The van der Waals surface area contributed by atoms with E-state index in [4.69, 9.17) is 4.98 Å². The van der Waals surface area contributed by atoms with Crippen LogP contribution in [-0.4, -0.2) is 31.0 Å². The summed E-state index contributed by atoms with van der Waals surface area (Å²) in [5.41, 5.74) is 2.19. The van der Waals surface area contributed by atoms with Gasteiger partial charge in [0.25, 0.3) is 5.56 Å². The molecule has 0 fully saturated rings. The molecular formula is C26H27N5O2S. The van der Waals surface area contributed by atoms with E-state index < -0.39 is 0 Å². The molecule has 1 aliphatic rings. The second kappa shape index (κ2) is 8.76. The van der Waals surface area contributed by atoms with Gasteiger partial charge in [-0.05, 0) is 31.9 Å². The van der Waals surface area contributed by atoms with Gasteiger partial charge in [0.1, 0.15) is 5.39 Å². The molecule has 1 aliphatic heterocycles. The smallest absolute Gasteiger partial charge is 0.265 e. The normalized spacial score (nSPS) is 15.6. The molecule has 0 spiro atoms. The number of rotatable bonds is 5. The van der Waals surface area contributed by atoms with Crippen molar-refractivity contribution in [2.45, 2.75) is 50.0 Å². The molecule has 3 heterocycles. The van der Waals surface area contributed by atoms with Crippen LogP contribution in [0, 0.1) is 0 Å². The fourth-order valence-electron chi connectivity index (χ4n) is 4.36. The summed E-state index contributed by atoms with van der Waals surface area (Å²) in [5, 5.41) is 8.73. The molecule has 174 valence electrons. The van der Waals surface area contributed by atoms with Crippen molar-refractivity contribution in [3.8, 4) is 0 Å². The fraction of sp³-hybridized carbons (Fsp3) is 0.308. The van der Waals surface area contributed by atoms with Crippen molar-refractivity contribution >= 4 is 28.7 Å². The number of hydrogen-bond donors (Lipinski definition) is 1. The van der Waals surface area contributed by atoms with E-state index in [1.165, 1.54) is 11.8 Å². The Kier molecular flexibility index (Phi) is 5.77. The maximum Gasteiger partial charge on any atom is 0.265 e. The molecule has 8 heteroatoms. The topological polar surface area (TPSA) is 81.8 Å². The quantitative estimate of drug-likeness (QED) is 0.437. The third kappa shape index (κ3) is 4.14. The number of nitrogens with one attached hydrogen (secondary N) is 1. The van der Waals surface area contributed by atoms with Crippen molar-refractivity contribution in [3.63, 3.8) is 0 Å². The van der Waals surface area contributed by atoms with Crippen LogP contribution in [0.3, 0.4) is 0 Å². The first-order valence-electron chi connectivity index (χ1n) is 11.4. The van der Waals surface area contributed by atoms with Crippen LogP contribution in [0.15, 0.2) is 76.8 Å². The molecule has 1 amide bonds. The molecule has 0 saturated heterocycles. The highest BCUT2D eigenvalue weighted by Crippen LogP contribution is 2.34. The fourth-order valence-corrected chi connectivity index (χ4v) is 5.49. The zero-order valence-corrected chi connectivity index (χ0v) is 20.2. The molecule has 2 aromatic carbocycles. The Morgan fingerprint density at radius 1 is 1.09 bits per heavy atom. The average molecular weight is 474 g/mol. The number of hydrogen-bond acceptors (Lipinski definition) is 5. The van der Waals surface area contributed by atoms with Gasteiger partial charge in [0, 0.05) is 12.2 Å². The van der Waals surface area contributed by atoms with Crippen molar-refractivity contribution in [2.24, 2.45) is 0 Å². The molecule has 0 aliphatic carbocycles. The van der Waals surface area contributed by atoms with Gasteiger partial charge in [-0.1, -0.05) is 72.4 Å². The molecule has 34 heavy (non-hydrogen) atoms. The lowest BCUT2D eigenvalue weighted by Gasteiger charge is -2.21. The number of fused-ring (bicyclic) bond motifs is 2. The first-order chi connectivity index (χ1) is 16.3. The Morgan fingerprint density at radius 3 is 2.29 bits per heavy atom. The summed E-state index contributed by atoms with van der Waals surface area (Å²) in [7, 11) is 0. The van der Waals surface area contributed by atoms with Crippen LogP contribution in [0.4, 0.5) is 0 Å². The summed E-state index contributed by atoms with van der Waals surface area (Å²) in [4.78, 5) is 31.3. The molecule has 7 nitrogen and oxygen atoms in total. The minimum absolute atomic E-state index is 0.103. The van der Waals surface area contributed by atoms with Crippen LogP contribution in [0.1, 0.15) is 50.4 Å². The van der Waals surface area contributed by atoms with E-state index in [1.54, 1.807) is 15.4 Å². The maximum atomic E-state index is 13.3. The maximum absolute atomic E-state index is 13.3. The van der Waals surface area contributed by atoms with Crippen LogP contribution in [0.25, 0.3) is 11.0 Å². The number of aromatic nitrogens is 4. The van der Waals surface area contributed by atoms with Gasteiger partial charge in [0.2, 0.25) is 5.91 Å². The van der Waals surface area contributed by atoms with Gasteiger partial charge in [0.05, 0.1) is 23.8 Å². The van der Waals surface area contributed by atoms with E-state index in [-0.39, 0.29) is 35.5 Å². The second-order valence-corrected chi connectivity index (χ2v) is 10.5. The van der Waals surface area contributed by atoms with Crippen molar-refractivity contribution in [2.75, 3.05) is 5.75 Å². The molecule has 0 saturated carbocycles. The summed E-state index contributed by atoms with van der Waals surface area (Å²) in [6.45, 7) is 6.09. The molecule has 2 aromatic heterocycles. The minimum Gasteiger partial charge on any atom is -0.345 e. The van der Waals surface area contributed by atoms with Crippen molar-refractivity contribution < 1.29 is 4.79 Å². The highest BCUT2D eigenvalue weighted by molar-refractivity contribution is 7.99. The molecule has 0 bridgehead atoms. The Bertz CT molecular complexity index is 1350. The number of thioether (sulfide) groups is 1. The lowest BCUT2D eigenvalue weighted by Crippen LogP contribution is -2.33. The summed E-state index contributed by atoms with van der Waals surface area (Å²) in [6.07, 6.45) is 1.79. The third-order valence-electron chi connectivity index (χ3n) is 6.00. The Balaban J connectivity index is 1.42. The van der Waals surface area contributed by atoms with E-state index in [0.717, 1.165) is 11.1 Å².